The molecule has 3 fully saturated rings. The molecule has 1 amide bonds. The molecular formula is C23H35N3O23P2. The lowest BCUT2D eigenvalue weighted by atomic mass is 9.95. The van der Waals surface area contributed by atoms with Gasteiger partial charge in [-0.25, -0.2) is 18.7 Å². The van der Waals surface area contributed by atoms with Crippen LogP contribution >= 0.6 is 15.6 Å². The highest BCUT2D eigenvalue weighted by Crippen LogP contribution is 2.61. The predicted octanol–water partition coefficient (Wildman–Crippen LogP) is -6.73. The third-order valence-electron chi connectivity index (χ3n) is 7.64. The van der Waals surface area contributed by atoms with E-state index >= 15 is 0 Å². The third kappa shape index (κ3) is 9.52. The lowest BCUT2D eigenvalue weighted by molar-refractivity contribution is -0.333. The Kier molecular flexibility index (Phi) is 13.1. The molecule has 0 bridgehead atoms. The van der Waals surface area contributed by atoms with Crippen molar-refractivity contribution >= 4 is 27.5 Å². The second-order valence-electron chi connectivity index (χ2n) is 11.3. The van der Waals surface area contributed by atoms with Crippen molar-refractivity contribution in [3.8, 4) is 0 Å². The number of aromatic amines is 1. The zero-order chi connectivity index (χ0) is 38.2. The molecule has 16 atom stereocenters. The summed E-state index contributed by atoms with van der Waals surface area (Å²) in [5.41, 5.74) is -1.85. The first-order valence-electron chi connectivity index (χ1n) is 14.5. The van der Waals surface area contributed by atoms with E-state index in [2.05, 4.69) is 18.7 Å². The molecular weight excluding hydrogens is 748 g/mol. The van der Waals surface area contributed by atoms with Crippen LogP contribution in [0.15, 0.2) is 21.9 Å². The molecule has 51 heavy (non-hydrogen) atoms. The van der Waals surface area contributed by atoms with Crippen molar-refractivity contribution in [2.45, 2.75) is 92.8 Å². The van der Waals surface area contributed by atoms with Crippen molar-refractivity contribution < 1.29 is 102 Å². The smallest absolute Gasteiger partial charge is 0.479 e. The number of carbonyl (C=O) groups excluding carboxylic acids is 1. The van der Waals surface area contributed by atoms with Gasteiger partial charge in [0, 0.05) is 19.2 Å². The maximum atomic E-state index is 12.6. The molecule has 0 saturated carbocycles. The summed E-state index contributed by atoms with van der Waals surface area (Å²) < 4.78 is 59.9. The summed E-state index contributed by atoms with van der Waals surface area (Å²) in [5, 5.41) is 83.9. The van der Waals surface area contributed by atoms with Crippen LogP contribution in [0.1, 0.15) is 13.2 Å². The van der Waals surface area contributed by atoms with Gasteiger partial charge in [0.1, 0.15) is 61.0 Å². The number of aliphatic carboxylic acids is 1. The summed E-state index contributed by atoms with van der Waals surface area (Å²) >= 11 is 0. The SMILES string of the molecule is CC(=O)N[C@H]1[C@H](O[C@H]2[C@H](O)[C@@H](O)[C@@H](OP(=O)(O)OP(=O)(O)OC[C@H]3O[C@@H](n4ccc(=O)[nH]c4=O)[C@H](O)[C@@H]3O)O[C@@H]2C(=O)O)O[C@H](CO)[C@@H](O)[C@@H]1O. The van der Waals surface area contributed by atoms with Crippen molar-refractivity contribution in [1.29, 1.82) is 0 Å². The first-order chi connectivity index (χ1) is 23.7. The van der Waals surface area contributed by atoms with Crippen LogP contribution in [0.2, 0.25) is 0 Å². The molecule has 28 heteroatoms. The van der Waals surface area contributed by atoms with Gasteiger partial charge in [0.15, 0.2) is 24.9 Å². The van der Waals surface area contributed by atoms with Gasteiger partial charge in [-0.3, -0.25) is 28.2 Å². The molecule has 0 aliphatic carbocycles. The quantitative estimate of drug-likeness (QED) is 0.0827. The second-order valence-corrected chi connectivity index (χ2v) is 14.3. The minimum Gasteiger partial charge on any atom is -0.479 e. The standard InChI is InChI=1S/C23H35N3O23P2/c1-6(28)24-10-13(32)11(30)7(4-27)45-21(10)46-17-14(33)16(35)22(47-18(17)20(36)37)48-51(41,42)49-50(39,40)43-5-8-12(31)15(34)19(44-8)26-3-2-9(29)25-23(26)38/h2-3,7-8,10-19,21-22,27,30-35H,4-5H2,1H3,(H,24,28)(H,36,37)(H,39,40)(H,41,42)(H,25,29,38)/t7-,8-,10-,11-,12-,13-,14-,15-,16-,17+,18+,19-,21+,22-/m1/s1. The molecule has 4 rings (SSSR count). The van der Waals surface area contributed by atoms with E-state index in [1.54, 1.807) is 0 Å². The number of phosphoric acid groups is 2. The van der Waals surface area contributed by atoms with Crippen LogP contribution in [0, 0.1) is 0 Å². The van der Waals surface area contributed by atoms with E-state index in [-0.39, 0.29) is 0 Å². The molecule has 290 valence electrons. The fourth-order valence-corrected chi connectivity index (χ4v) is 7.37. The number of carboxylic acid groups (broad SMARTS) is 1. The van der Waals surface area contributed by atoms with Crippen molar-refractivity contribution in [2.75, 3.05) is 13.2 Å². The predicted molar refractivity (Wildman–Crippen MR) is 154 cm³/mol. The van der Waals surface area contributed by atoms with Crippen LogP contribution in [-0.4, -0.2) is 165 Å². The Labute approximate surface area is 283 Å². The Balaban J connectivity index is 1.41. The molecule has 2 unspecified atom stereocenters. The number of aliphatic hydroxyl groups excluding tert-OH is 7. The lowest BCUT2D eigenvalue weighted by Crippen LogP contribution is -2.68. The van der Waals surface area contributed by atoms with E-state index in [1.165, 1.54) is 0 Å². The minimum absolute atomic E-state index is 0.674. The molecule has 0 aromatic carbocycles. The van der Waals surface area contributed by atoms with Gasteiger partial charge in [-0.05, 0) is 0 Å². The van der Waals surface area contributed by atoms with Crippen molar-refractivity contribution in [2.24, 2.45) is 0 Å². The second kappa shape index (κ2) is 16.2. The van der Waals surface area contributed by atoms with E-state index in [0.717, 1.165) is 19.2 Å². The molecule has 3 saturated heterocycles. The molecule has 26 nitrogen and oxygen atoms in total. The number of amides is 1. The number of carboxylic acids is 1. The van der Waals surface area contributed by atoms with Crippen LogP contribution in [0.5, 0.6) is 0 Å². The highest BCUT2D eigenvalue weighted by atomic mass is 31.3. The first kappa shape index (κ1) is 41.2. The van der Waals surface area contributed by atoms with Gasteiger partial charge in [0.05, 0.1) is 13.2 Å². The minimum atomic E-state index is -5.93. The zero-order valence-electron chi connectivity index (χ0n) is 25.8. The molecule has 12 N–H and O–H groups in total. The average molecular weight is 783 g/mol. The monoisotopic (exact) mass is 783 g/mol. The number of rotatable bonds is 13. The van der Waals surface area contributed by atoms with Gasteiger partial charge in [-0.1, -0.05) is 0 Å². The summed E-state index contributed by atoms with van der Waals surface area (Å²) in [4.78, 5) is 69.1. The van der Waals surface area contributed by atoms with E-state index in [9.17, 15) is 78.9 Å². The normalized spacial score (nSPS) is 39.5. The van der Waals surface area contributed by atoms with Crippen molar-refractivity contribution in [3.63, 3.8) is 0 Å². The summed E-state index contributed by atoms with van der Waals surface area (Å²) in [5.74, 6) is -2.76. The number of nitrogens with zero attached hydrogens (tertiary/aromatic N) is 1. The number of nitrogens with one attached hydrogen (secondary N) is 2. The largest absolute Gasteiger partial charge is 0.483 e. The molecule has 0 spiro atoms. The van der Waals surface area contributed by atoms with Crippen LogP contribution in [-0.2, 0) is 51.0 Å². The van der Waals surface area contributed by atoms with Crippen molar-refractivity contribution in [1.82, 2.24) is 14.9 Å². The Bertz CT molecular complexity index is 1620. The van der Waals surface area contributed by atoms with Crippen LogP contribution in [0.4, 0.5) is 0 Å². The van der Waals surface area contributed by atoms with Crippen molar-refractivity contribution in [3.05, 3.63) is 33.1 Å². The Morgan fingerprint density at radius 3 is 2.14 bits per heavy atom. The average Bonchev–Trinajstić information content (AvgIpc) is 3.30. The lowest BCUT2D eigenvalue weighted by Gasteiger charge is -2.46. The molecule has 4 heterocycles. The summed E-state index contributed by atoms with van der Waals surface area (Å²) in [6.45, 7) is -1.06. The van der Waals surface area contributed by atoms with Gasteiger partial charge in [-0.2, -0.15) is 4.31 Å². The molecule has 3 aliphatic rings. The number of aliphatic hydroxyl groups is 7. The number of hydrogen-bond donors (Lipinski definition) is 12. The number of hydrogen-bond acceptors (Lipinski definition) is 20. The number of H-pyrrole nitrogens is 1. The number of ether oxygens (including phenoxy) is 4. The first-order valence-corrected chi connectivity index (χ1v) is 17.5. The highest BCUT2D eigenvalue weighted by molar-refractivity contribution is 7.61. The third-order valence-corrected chi connectivity index (χ3v) is 10.2. The zero-order valence-corrected chi connectivity index (χ0v) is 27.6. The number of aromatic nitrogens is 2. The summed E-state index contributed by atoms with van der Waals surface area (Å²) in [7, 11) is -11.6. The van der Waals surface area contributed by atoms with E-state index in [4.69, 9.17) is 18.9 Å². The summed E-state index contributed by atoms with van der Waals surface area (Å²) in [6, 6.07) is -0.756. The van der Waals surface area contributed by atoms with Crippen LogP contribution < -0.4 is 16.6 Å². The highest BCUT2D eigenvalue weighted by Gasteiger charge is 2.55. The van der Waals surface area contributed by atoms with Gasteiger partial charge in [-0.15, -0.1) is 0 Å². The van der Waals surface area contributed by atoms with Gasteiger partial charge >= 0.3 is 27.3 Å². The van der Waals surface area contributed by atoms with Crippen LogP contribution in [0.25, 0.3) is 0 Å². The Morgan fingerprint density at radius 1 is 0.902 bits per heavy atom. The topological polar surface area (TPSA) is 402 Å². The van der Waals surface area contributed by atoms with E-state index in [0.29, 0.717) is 4.57 Å². The van der Waals surface area contributed by atoms with E-state index < -0.39 is 138 Å². The molecule has 1 aromatic heterocycles. The maximum absolute atomic E-state index is 12.6. The van der Waals surface area contributed by atoms with E-state index in [1.807, 2.05) is 4.98 Å². The summed E-state index contributed by atoms with van der Waals surface area (Å²) in [6.07, 6.45) is -25.4. The molecule has 0 radical (unpaired) electrons. The molecule has 1 aromatic rings. The van der Waals surface area contributed by atoms with Gasteiger partial charge in [0.25, 0.3) is 5.56 Å². The number of carbonyl (C=O) groups is 2. The van der Waals surface area contributed by atoms with Gasteiger partial charge in [0.2, 0.25) is 5.91 Å². The fourth-order valence-electron chi connectivity index (χ4n) is 5.21. The van der Waals surface area contributed by atoms with Gasteiger partial charge < -0.3 is 74.9 Å². The Hall–Kier alpha value is -2.56. The number of phosphoric ester groups is 2. The van der Waals surface area contributed by atoms with Crippen LogP contribution in [0.3, 0.4) is 0 Å². The Morgan fingerprint density at radius 2 is 1.55 bits per heavy atom. The maximum Gasteiger partial charge on any atom is 0.483 e. The fraction of sp³-hybridized carbons (Fsp3) is 0.739. The molecule has 3 aliphatic heterocycles.